The SMILES string of the molecule is CC(C)(C)c1cccc(CBr)c1CBr. The van der Waals surface area contributed by atoms with Gasteiger partial charge in [-0.2, -0.15) is 0 Å². The summed E-state index contributed by atoms with van der Waals surface area (Å²) in [6, 6.07) is 6.55. The molecule has 0 nitrogen and oxygen atoms in total. The van der Waals surface area contributed by atoms with Crippen LogP contribution in [0.4, 0.5) is 0 Å². The molecule has 1 rings (SSSR count). The maximum absolute atomic E-state index is 3.57. The summed E-state index contributed by atoms with van der Waals surface area (Å²) in [5, 5.41) is 1.86. The van der Waals surface area contributed by atoms with Gasteiger partial charge in [-0.05, 0) is 22.1 Å². The lowest BCUT2D eigenvalue weighted by molar-refractivity contribution is 0.585. The Morgan fingerprint density at radius 2 is 1.71 bits per heavy atom. The Labute approximate surface area is 103 Å². The number of hydrogen-bond acceptors (Lipinski definition) is 0. The van der Waals surface area contributed by atoms with Crippen LogP contribution >= 0.6 is 31.9 Å². The Balaban J connectivity index is 3.29. The first-order valence-corrected chi connectivity index (χ1v) is 6.98. The maximum atomic E-state index is 3.57. The van der Waals surface area contributed by atoms with Crippen LogP contribution in [0.2, 0.25) is 0 Å². The zero-order valence-electron chi connectivity index (χ0n) is 8.90. The van der Waals surface area contributed by atoms with Gasteiger partial charge in [0.15, 0.2) is 0 Å². The van der Waals surface area contributed by atoms with Gasteiger partial charge in [-0.15, -0.1) is 0 Å². The maximum Gasteiger partial charge on any atom is 0.0289 e. The molecule has 0 amide bonds. The molecule has 0 aliphatic carbocycles. The first kappa shape index (κ1) is 12.3. The van der Waals surface area contributed by atoms with E-state index in [4.69, 9.17) is 0 Å². The van der Waals surface area contributed by atoms with E-state index in [0.29, 0.717) is 0 Å². The fraction of sp³-hybridized carbons (Fsp3) is 0.500. The lowest BCUT2D eigenvalue weighted by Crippen LogP contribution is -2.14. The van der Waals surface area contributed by atoms with Crippen LogP contribution in [0.25, 0.3) is 0 Å². The van der Waals surface area contributed by atoms with Gasteiger partial charge in [-0.3, -0.25) is 0 Å². The summed E-state index contributed by atoms with van der Waals surface area (Å²) in [6.45, 7) is 6.77. The molecule has 1 aromatic rings. The zero-order valence-corrected chi connectivity index (χ0v) is 12.1. The molecule has 0 N–H and O–H groups in total. The minimum Gasteiger partial charge on any atom is -0.0876 e. The molecule has 78 valence electrons. The van der Waals surface area contributed by atoms with E-state index in [1.807, 2.05) is 0 Å². The molecule has 0 aromatic heterocycles. The van der Waals surface area contributed by atoms with Crippen LogP contribution in [-0.2, 0) is 16.1 Å². The quantitative estimate of drug-likeness (QED) is 0.688. The van der Waals surface area contributed by atoms with Crippen molar-refractivity contribution in [1.29, 1.82) is 0 Å². The summed E-state index contributed by atoms with van der Waals surface area (Å²) in [6.07, 6.45) is 0. The lowest BCUT2D eigenvalue weighted by Gasteiger charge is -2.23. The lowest BCUT2D eigenvalue weighted by atomic mass is 9.83. The van der Waals surface area contributed by atoms with E-state index in [1.54, 1.807) is 0 Å². The van der Waals surface area contributed by atoms with Crippen molar-refractivity contribution in [2.24, 2.45) is 0 Å². The Morgan fingerprint density at radius 3 is 2.14 bits per heavy atom. The van der Waals surface area contributed by atoms with Gasteiger partial charge in [0.05, 0.1) is 0 Å². The average Bonchev–Trinajstić information content (AvgIpc) is 2.15. The molecule has 0 aliphatic heterocycles. The van der Waals surface area contributed by atoms with Gasteiger partial charge in [0.1, 0.15) is 0 Å². The monoisotopic (exact) mass is 318 g/mol. The summed E-state index contributed by atoms with van der Waals surface area (Å²) in [5.41, 5.74) is 4.47. The molecule has 0 radical (unpaired) electrons. The van der Waals surface area contributed by atoms with E-state index in [0.717, 1.165) is 10.7 Å². The second-order valence-electron chi connectivity index (χ2n) is 4.46. The van der Waals surface area contributed by atoms with E-state index >= 15 is 0 Å². The first-order valence-electron chi connectivity index (χ1n) is 4.74. The third-order valence-electron chi connectivity index (χ3n) is 2.36. The van der Waals surface area contributed by atoms with Gasteiger partial charge in [-0.25, -0.2) is 0 Å². The molecule has 0 aliphatic rings. The van der Waals surface area contributed by atoms with E-state index in [1.165, 1.54) is 16.7 Å². The topological polar surface area (TPSA) is 0 Å². The first-order chi connectivity index (χ1) is 6.50. The molecular weight excluding hydrogens is 304 g/mol. The highest BCUT2D eigenvalue weighted by molar-refractivity contribution is 9.09. The predicted octanol–water partition coefficient (Wildman–Crippen LogP) is 4.77. The zero-order chi connectivity index (χ0) is 10.8. The van der Waals surface area contributed by atoms with Gasteiger partial charge in [0, 0.05) is 10.7 Å². The standard InChI is InChI=1S/C12H16Br2/c1-12(2,3)11-6-4-5-9(7-13)10(11)8-14/h4-6H,7-8H2,1-3H3. The molecule has 0 bridgehead atoms. The van der Waals surface area contributed by atoms with Crippen LogP contribution < -0.4 is 0 Å². The highest BCUT2D eigenvalue weighted by Gasteiger charge is 2.18. The van der Waals surface area contributed by atoms with Crippen molar-refractivity contribution in [3.63, 3.8) is 0 Å². The van der Waals surface area contributed by atoms with E-state index < -0.39 is 0 Å². The summed E-state index contributed by atoms with van der Waals surface area (Å²) in [5.74, 6) is 0. The fourth-order valence-corrected chi connectivity index (χ4v) is 2.81. The van der Waals surface area contributed by atoms with E-state index in [9.17, 15) is 0 Å². The second kappa shape index (κ2) is 4.80. The molecule has 0 atom stereocenters. The minimum atomic E-state index is 0.223. The number of alkyl halides is 2. The molecular formula is C12H16Br2. The molecule has 2 heteroatoms. The van der Waals surface area contributed by atoms with Gasteiger partial charge in [0.2, 0.25) is 0 Å². The Kier molecular flexibility index (Phi) is 4.20. The van der Waals surface area contributed by atoms with E-state index in [-0.39, 0.29) is 5.41 Å². The van der Waals surface area contributed by atoms with Crippen molar-refractivity contribution in [1.82, 2.24) is 0 Å². The van der Waals surface area contributed by atoms with Gasteiger partial charge >= 0.3 is 0 Å². The van der Waals surface area contributed by atoms with Crippen LogP contribution in [0.3, 0.4) is 0 Å². The van der Waals surface area contributed by atoms with Crippen LogP contribution in [0.5, 0.6) is 0 Å². The Bertz CT molecular complexity index is 311. The smallest absolute Gasteiger partial charge is 0.0289 e. The molecule has 0 unspecified atom stereocenters. The summed E-state index contributed by atoms with van der Waals surface area (Å²) in [4.78, 5) is 0. The van der Waals surface area contributed by atoms with Crippen LogP contribution in [0.1, 0.15) is 37.5 Å². The van der Waals surface area contributed by atoms with Crippen molar-refractivity contribution in [2.45, 2.75) is 36.8 Å². The van der Waals surface area contributed by atoms with Crippen LogP contribution in [-0.4, -0.2) is 0 Å². The Hall–Kier alpha value is 0.180. The summed E-state index contributed by atoms with van der Waals surface area (Å²) < 4.78 is 0. The highest BCUT2D eigenvalue weighted by Crippen LogP contribution is 2.30. The summed E-state index contributed by atoms with van der Waals surface area (Å²) >= 11 is 7.10. The van der Waals surface area contributed by atoms with Gasteiger partial charge in [0.25, 0.3) is 0 Å². The van der Waals surface area contributed by atoms with Gasteiger partial charge in [-0.1, -0.05) is 70.8 Å². The number of benzene rings is 1. The normalized spacial score (nSPS) is 11.8. The Morgan fingerprint density at radius 1 is 1.07 bits per heavy atom. The average molecular weight is 320 g/mol. The van der Waals surface area contributed by atoms with Crippen LogP contribution in [0.15, 0.2) is 18.2 Å². The third-order valence-corrected chi connectivity index (χ3v) is 3.52. The molecule has 1 aromatic carbocycles. The minimum absolute atomic E-state index is 0.223. The molecule has 0 spiro atoms. The van der Waals surface area contributed by atoms with Crippen molar-refractivity contribution < 1.29 is 0 Å². The number of halogens is 2. The highest BCUT2D eigenvalue weighted by atomic mass is 79.9. The van der Waals surface area contributed by atoms with Crippen molar-refractivity contribution in [2.75, 3.05) is 0 Å². The summed E-state index contributed by atoms with van der Waals surface area (Å²) in [7, 11) is 0. The molecule has 0 saturated carbocycles. The number of rotatable bonds is 2. The van der Waals surface area contributed by atoms with Crippen LogP contribution in [0, 0.1) is 0 Å². The number of hydrogen-bond donors (Lipinski definition) is 0. The van der Waals surface area contributed by atoms with Crippen molar-refractivity contribution in [3.05, 3.63) is 34.9 Å². The van der Waals surface area contributed by atoms with E-state index in [2.05, 4.69) is 70.8 Å². The van der Waals surface area contributed by atoms with Crippen molar-refractivity contribution >= 4 is 31.9 Å². The fourth-order valence-electron chi connectivity index (χ4n) is 1.62. The molecule has 14 heavy (non-hydrogen) atoms. The van der Waals surface area contributed by atoms with Gasteiger partial charge < -0.3 is 0 Å². The largest absolute Gasteiger partial charge is 0.0876 e. The molecule has 0 heterocycles. The second-order valence-corrected chi connectivity index (χ2v) is 5.58. The molecule has 0 fully saturated rings. The molecule has 0 saturated heterocycles. The predicted molar refractivity (Wildman–Crippen MR) is 70.4 cm³/mol. The third kappa shape index (κ3) is 2.60. The van der Waals surface area contributed by atoms with Crippen molar-refractivity contribution in [3.8, 4) is 0 Å².